The smallest absolute Gasteiger partial charge is 0.336 e. The molecule has 2 heterocycles. The highest BCUT2D eigenvalue weighted by Crippen LogP contribution is 2.35. The molecule has 0 spiro atoms. The maximum absolute atomic E-state index is 14.6. The van der Waals surface area contributed by atoms with E-state index in [0.29, 0.717) is 25.0 Å². The Hall–Kier alpha value is -4.33. The number of para-hydroxylation sites is 1. The SMILES string of the molecule is COCCn1cc(CN2CCC(NC(C)=O)(c3ccccc3F)CC2)c2ccccc21.O=C(O)CC(O)(CC(=O)O)C(=O)O. The molecule has 1 saturated heterocycles. The Balaban J connectivity index is 0.000000345. The van der Waals surface area contributed by atoms with Gasteiger partial charge in [-0.3, -0.25) is 19.3 Å². The van der Waals surface area contributed by atoms with Crippen molar-refractivity contribution in [3.8, 4) is 0 Å². The van der Waals surface area contributed by atoms with E-state index < -0.39 is 41.9 Å². The van der Waals surface area contributed by atoms with E-state index in [0.717, 1.165) is 26.2 Å². The Bertz CT molecular complexity index is 1470. The van der Waals surface area contributed by atoms with Gasteiger partial charge in [0.15, 0.2) is 5.60 Å². The number of nitrogens with one attached hydrogen (secondary N) is 1. The Morgan fingerprint density at radius 2 is 1.57 bits per heavy atom. The summed E-state index contributed by atoms with van der Waals surface area (Å²) < 4.78 is 22.1. The van der Waals surface area contributed by atoms with Gasteiger partial charge in [0.25, 0.3) is 0 Å². The van der Waals surface area contributed by atoms with Crippen LogP contribution in [0.25, 0.3) is 10.9 Å². The van der Waals surface area contributed by atoms with E-state index in [1.807, 2.05) is 6.07 Å². The van der Waals surface area contributed by atoms with Crippen LogP contribution in [0.1, 0.15) is 43.7 Å². The number of amides is 1. The number of carbonyl (C=O) groups excluding carboxylic acids is 1. The summed E-state index contributed by atoms with van der Waals surface area (Å²) in [7, 11) is 1.72. The highest BCUT2D eigenvalue weighted by molar-refractivity contribution is 5.88. The maximum Gasteiger partial charge on any atom is 0.336 e. The van der Waals surface area contributed by atoms with Gasteiger partial charge >= 0.3 is 17.9 Å². The number of aliphatic carboxylic acids is 3. The van der Waals surface area contributed by atoms with Gasteiger partial charge in [-0.05, 0) is 30.5 Å². The minimum Gasteiger partial charge on any atom is -0.481 e. The summed E-state index contributed by atoms with van der Waals surface area (Å²) in [5.74, 6) is -5.40. The lowest BCUT2D eigenvalue weighted by Crippen LogP contribution is -2.52. The molecule has 1 aromatic heterocycles. The number of piperidine rings is 1. The Morgan fingerprint density at radius 3 is 2.11 bits per heavy atom. The average Bonchev–Trinajstić information content (AvgIpc) is 3.29. The fraction of sp³-hybridized carbons (Fsp3) is 0.419. The van der Waals surface area contributed by atoms with Crippen molar-refractivity contribution in [3.05, 3.63) is 71.7 Å². The second-order valence-electron chi connectivity index (χ2n) is 10.9. The number of carboxylic acids is 3. The first kappa shape index (κ1) is 34.2. The number of fused-ring (bicyclic) bond motifs is 1. The van der Waals surface area contributed by atoms with E-state index in [1.54, 1.807) is 19.2 Å². The van der Waals surface area contributed by atoms with Crippen LogP contribution in [0.2, 0.25) is 0 Å². The molecular weight excluding hydrogens is 577 g/mol. The number of aliphatic hydroxyl groups is 1. The third-order valence-corrected chi connectivity index (χ3v) is 7.60. The summed E-state index contributed by atoms with van der Waals surface area (Å²) in [5, 5.41) is 38.1. The van der Waals surface area contributed by atoms with Crippen LogP contribution >= 0.6 is 0 Å². The van der Waals surface area contributed by atoms with Gasteiger partial charge in [0.1, 0.15) is 5.82 Å². The van der Waals surface area contributed by atoms with Crippen molar-refractivity contribution in [2.45, 2.75) is 56.8 Å². The van der Waals surface area contributed by atoms with Crippen molar-refractivity contribution in [3.63, 3.8) is 0 Å². The number of hydrogen-bond acceptors (Lipinski definition) is 7. The number of likely N-dealkylation sites (tertiary alicyclic amines) is 1. The average molecular weight is 616 g/mol. The van der Waals surface area contributed by atoms with Gasteiger partial charge < -0.3 is 35.0 Å². The first-order chi connectivity index (χ1) is 20.8. The molecular formula is C31H38FN3O9. The number of ether oxygens (including phenoxy) is 1. The Morgan fingerprint density at radius 1 is 0.977 bits per heavy atom. The number of nitrogens with zero attached hydrogens (tertiary/aromatic N) is 2. The molecule has 5 N–H and O–H groups in total. The number of methoxy groups -OCH3 is 1. The fourth-order valence-corrected chi connectivity index (χ4v) is 5.52. The van der Waals surface area contributed by atoms with Crippen molar-refractivity contribution < 1.29 is 48.7 Å². The van der Waals surface area contributed by atoms with E-state index in [1.165, 1.54) is 29.5 Å². The van der Waals surface area contributed by atoms with E-state index in [-0.39, 0.29) is 11.7 Å². The minimum atomic E-state index is -2.74. The number of hydrogen-bond donors (Lipinski definition) is 5. The zero-order chi connectivity index (χ0) is 32.5. The normalized spacial score (nSPS) is 14.8. The number of aromatic nitrogens is 1. The van der Waals surface area contributed by atoms with E-state index in [2.05, 4.69) is 45.2 Å². The number of benzene rings is 2. The van der Waals surface area contributed by atoms with E-state index in [9.17, 15) is 23.6 Å². The van der Waals surface area contributed by atoms with Crippen LogP contribution in [-0.2, 0) is 42.5 Å². The molecule has 13 heteroatoms. The van der Waals surface area contributed by atoms with Gasteiger partial charge in [0.05, 0.1) is 25.0 Å². The van der Waals surface area contributed by atoms with Gasteiger partial charge in [0, 0.05) is 62.9 Å². The van der Waals surface area contributed by atoms with Crippen LogP contribution in [0, 0.1) is 5.82 Å². The van der Waals surface area contributed by atoms with Crippen LogP contribution < -0.4 is 5.32 Å². The lowest BCUT2D eigenvalue weighted by molar-refractivity contribution is -0.170. The van der Waals surface area contributed by atoms with Crippen LogP contribution in [0.4, 0.5) is 4.39 Å². The number of carboxylic acid groups (broad SMARTS) is 3. The van der Waals surface area contributed by atoms with Gasteiger partial charge in [-0.2, -0.15) is 0 Å². The lowest BCUT2D eigenvalue weighted by atomic mass is 9.80. The largest absolute Gasteiger partial charge is 0.481 e. The maximum atomic E-state index is 14.6. The summed E-state index contributed by atoms with van der Waals surface area (Å²) in [5.41, 5.74) is -0.311. The molecule has 1 aliphatic rings. The molecule has 2 aromatic carbocycles. The molecule has 12 nitrogen and oxygen atoms in total. The zero-order valence-corrected chi connectivity index (χ0v) is 24.7. The molecule has 3 aromatic rings. The molecule has 0 unspecified atom stereocenters. The molecule has 0 saturated carbocycles. The van der Waals surface area contributed by atoms with Crippen LogP contribution in [0.3, 0.4) is 0 Å². The van der Waals surface area contributed by atoms with Crippen LogP contribution in [-0.4, -0.2) is 86.1 Å². The molecule has 0 bridgehead atoms. The predicted molar refractivity (Wildman–Crippen MR) is 157 cm³/mol. The molecule has 44 heavy (non-hydrogen) atoms. The number of halogens is 1. The molecule has 1 aliphatic heterocycles. The third-order valence-electron chi connectivity index (χ3n) is 7.60. The van der Waals surface area contributed by atoms with Crippen molar-refractivity contribution in [2.24, 2.45) is 0 Å². The number of rotatable bonds is 12. The molecule has 238 valence electrons. The van der Waals surface area contributed by atoms with Gasteiger partial charge in [-0.15, -0.1) is 0 Å². The summed E-state index contributed by atoms with van der Waals surface area (Å²) in [4.78, 5) is 44.8. The zero-order valence-electron chi connectivity index (χ0n) is 24.7. The monoisotopic (exact) mass is 615 g/mol. The second-order valence-corrected chi connectivity index (χ2v) is 10.9. The highest BCUT2D eigenvalue weighted by atomic mass is 19.1. The fourth-order valence-electron chi connectivity index (χ4n) is 5.52. The molecule has 1 amide bonds. The molecule has 1 fully saturated rings. The first-order valence-electron chi connectivity index (χ1n) is 14.0. The van der Waals surface area contributed by atoms with Gasteiger partial charge in [-0.1, -0.05) is 36.4 Å². The topological polar surface area (TPSA) is 179 Å². The Labute approximate surface area is 253 Å². The minimum absolute atomic E-state index is 0.127. The van der Waals surface area contributed by atoms with Gasteiger partial charge in [0.2, 0.25) is 5.91 Å². The first-order valence-corrected chi connectivity index (χ1v) is 14.0. The van der Waals surface area contributed by atoms with Crippen molar-refractivity contribution in [1.29, 1.82) is 0 Å². The quantitative estimate of drug-likeness (QED) is 0.203. The van der Waals surface area contributed by atoms with E-state index in [4.69, 9.17) is 25.2 Å². The van der Waals surface area contributed by atoms with Gasteiger partial charge in [-0.25, -0.2) is 9.18 Å². The molecule has 4 rings (SSSR count). The number of carbonyl (C=O) groups is 4. The molecule has 0 radical (unpaired) electrons. The lowest BCUT2D eigenvalue weighted by Gasteiger charge is -2.42. The summed E-state index contributed by atoms with van der Waals surface area (Å²) >= 11 is 0. The van der Waals surface area contributed by atoms with Crippen LogP contribution in [0.15, 0.2) is 54.7 Å². The van der Waals surface area contributed by atoms with Crippen LogP contribution in [0.5, 0.6) is 0 Å². The second kappa shape index (κ2) is 14.9. The van der Waals surface area contributed by atoms with Crippen molar-refractivity contribution in [2.75, 3.05) is 26.8 Å². The third kappa shape index (κ3) is 8.62. The van der Waals surface area contributed by atoms with Crippen molar-refractivity contribution in [1.82, 2.24) is 14.8 Å². The van der Waals surface area contributed by atoms with E-state index >= 15 is 0 Å². The van der Waals surface area contributed by atoms with Crippen molar-refractivity contribution >= 4 is 34.7 Å². The standard InChI is InChI=1S/C25H30FN3O2.C6H8O7/c1-19(30)27-25(22-8-4-5-9-23(22)26)11-13-28(14-12-25)17-20-18-29(15-16-31-2)24-10-6-3-7-21(20)24;7-3(8)1-6(13,5(11)12)2-4(9)10/h3-10,18H,11-17H2,1-2H3,(H,27,30);13H,1-2H2,(H,7,8)(H,9,10)(H,11,12). The summed E-state index contributed by atoms with van der Waals surface area (Å²) in [6.45, 7) is 5.38. The highest BCUT2D eigenvalue weighted by Gasteiger charge is 2.41. The Kier molecular flexibility index (Phi) is 11.6. The molecule has 0 atom stereocenters. The predicted octanol–water partition coefficient (Wildman–Crippen LogP) is 2.81. The summed E-state index contributed by atoms with van der Waals surface area (Å²) in [6, 6.07) is 15.2. The summed E-state index contributed by atoms with van der Waals surface area (Å²) in [6.07, 6.45) is 1.28. The molecule has 0 aliphatic carbocycles.